The van der Waals surface area contributed by atoms with Gasteiger partial charge in [-0.15, -0.1) is 0 Å². The maximum Gasteiger partial charge on any atom is 0.343 e. The molecule has 51 heavy (non-hydrogen) atoms. The van der Waals surface area contributed by atoms with E-state index < -0.39 is 15.8 Å². The normalized spacial score (nSPS) is 10.5. The third-order valence-electron chi connectivity index (χ3n) is 7.16. The number of rotatable bonds is 14. The lowest BCUT2D eigenvalue weighted by atomic mass is 10.2. The molecule has 0 aliphatic heterocycles. The van der Waals surface area contributed by atoms with Gasteiger partial charge >= 0.3 is 17.3 Å². The first-order chi connectivity index (χ1) is 24.8. The van der Waals surface area contributed by atoms with Gasteiger partial charge in [0.2, 0.25) is 11.5 Å². The van der Waals surface area contributed by atoms with Gasteiger partial charge in [0, 0.05) is 36.5 Å². The largest absolute Gasteiger partial charge is 0.482 e. The summed E-state index contributed by atoms with van der Waals surface area (Å²) < 4.78 is 29.2. The molecule has 0 radical (unpaired) electrons. The molecule has 6 rings (SSSR count). The van der Waals surface area contributed by atoms with Crippen LogP contribution < -0.4 is 23.7 Å². The highest BCUT2D eigenvalue weighted by molar-refractivity contribution is 5.92. The van der Waals surface area contributed by atoms with Crippen molar-refractivity contribution in [2.45, 2.75) is 13.2 Å². The predicted molar refractivity (Wildman–Crippen MR) is 184 cm³/mol. The van der Waals surface area contributed by atoms with E-state index in [1.165, 1.54) is 67.0 Å². The lowest BCUT2D eigenvalue weighted by Gasteiger charge is -2.14. The van der Waals surface area contributed by atoms with Gasteiger partial charge in [-0.05, 0) is 47.5 Å². The smallest absolute Gasteiger partial charge is 0.343 e. The Bertz CT molecular complexity index is 2040. The fourth-order valence-electron chi connectivity index (χ4n) is 4.77. The molecule has 0 aliphatic rings. The second-order valence-corrected chi connectivity index (χ2v) is 10.8. The lowest BCUT2D eigenvalue weighted by molar-refractivity contribution is -0.386. The maximum absolute atomic E-state index is 13.3. The molecule has 0 N–H and O–H groups in total. The Labute approximate surface area is 290 Å². The number of carbonyl (C=O) groups is 1. The van der Waals surface area contributed by atoms with Gasteiger partial charge in [0.15, 0.2) is 0 Å². The van der Waals surface area contributed by atoms with E-state index >= 15 is 0 Å². The van der Waals surface area contributed by atoms with Crippen LogP contribution in [-0.2, 0) is 13.2 Å². The first kappa shape index (κ1) is 33.6. The zero-order valence-electron chi connectivity index (χ0n) is 26.6. The molecule has 0 unspecified atom stereocenters. The summed E-state index contributed by atoms with van der Waals surface area (Å²) in [7, 11) is 0. The maximum atomic E-state index is 13.3. The van der Waals surface area contributed by atoms with Crippen molar-refractivity contribution in [2.24, 2.45) is 0 Å². The molecule has 6 aromatic rings. The second-order valence-electron chi connectivity index (χ2n) is 10.8. The molecule has 0 amide bonds. The second kappa shape index (κ2) is 15.7. The number of benzene rings is 5. The molecule has 0 aliphatic carbocycles. The molecule has 0 fully saturated rings. The third kappa shape index (κ3) is 9.00. The van der Waals surface area contributed by atoms with Crippen LogP contribution in [0.2, 0.25) is 0 Å². The zero-order valence-corrected chi connectivity index (χ0v) is 26.6. The van der Waals surface area contributed by atoms with E-state index in [0.717, 1.165) is 11.1 Å². The third-order valence-corrected chi connectivity index (χ3v) is 7.16. The standard InChI is InChI=1S/C38H27N3O10/c42-38(51-31-12-7-17-39-23-31)28-18-32(49-29-13-15-34(40(43)44)36(21-29)47-24-26-8-3-1-4-9-26)20-33(19-28)50-30-14-16-35(41(45)46)37(22-30)48-25-27-10-5-2-6-11-27/h1-23H,24-25H2. The van der Waals surface area contributed by atoms with Gasteiger partial charge in [0.1, 0.15) is 42.0 Å². The minimum atomic E-state index is -0.760. The number of nitro benzene ring substituents is 2. The lowest BCUT2D eigenvalue weighted by Crippen LogP contribution is -2.09. The molecule has 1 heterocycles. The predicted octanol–water partition coefficient (Wildman–Crippen LogP) is 8.86. The van der Waals surface area contributed by atoms with Crippen LogP contribution in [0.4, 0.5) is 11.4 Å². The Morgan fingerprint density at radius 1 is 0.569 bits per heavy atom. The summed E-state index contributed by atoms with van der Waals surface area (Å²) in [4.78, 5) is 39.6. The molecule has 1 aromatic heterocycles. The molecule has 5 aromatic carbocycles. The fraction of sp³-hybridized carbons (Fsp3) is 0.0526. The average molecular weight is 686 g/mol. The van der Waals surface area contributed by atoms with E-state index in [9.17, 15) is 25.0 Å². The van der Waals surface area contributed by atoms with E-state index in [1.807, 2.05) is 60.7 Å². The highest BCUT2D eigenvalue weighted by Crippen LogP contribution is 2.38. The summed E-state index contributed by atoms with van der Waals surface area (Å²) in [5.41, 5.74) is 1.11. The van der Waals surface area contributed by atoms with Gasteiger partial charge in [0.05, 0.1) is 21.6 Å². The molecule has 0 atom stereocenters. The Balaban J connectivity index is 1.30. The number of carbonyl (C=O) groups excluding carboxylic acids is 1. The number of hydrogen-bond acceptors (Lipinski definition) is 11. The molecular weight excluding hydrogens is 658 g/mol. The molecule has 13 heteroatoms. The summed E-state index contributed by atoms with van der Waals surface area (Å²) in [6.45, 7) is 0.149. The minimum Gasteiger partial charge on any atom is -0.482 e. The average Bonchev–Trinajstić information content (AvgIpc) is 3.14. The van der Waals surface area contributed by atoms with Crippen LogP contribution in [0.15, 0.2) is 140 Å². The van der Waals surface area contributed by atoms with Gasteiger partial charge in [-0.2, -0.15) is 0 Å². The molecule has 254 valence electrons. The topological polar surface area (TPSA) is 162 Å². The van der Waals surface area contributed by atoms with E-state index in [-0.39, 0.29) is 70.4 Å². The van der Waals surface area contributed by atoms with Crippen molar-refractivity contribution >= 4 is 17.3 Å². The fourth-order valence-corrected chi connectivity index (χ4v) is 4.77. The van der Waals surface area contributed by atoms with Gasteiger partial charge in [-0.1, -0.05) is 60.7 Å². The van der Waals surface area contributed by atoms with Crippen molar-refractivity contribution in [1.29, 1.82) is 0 Å². The molecule has 0 saturated heterocycles. The monoisotopic (exact) mass is 685 g/mol. The van der Waals surface area contributed by atoms with E-state index in [2.05, 4.69) is 4.98 Å². The summed E-state index contributed by atoms with van der Waals surface area (Å²) in [5, 5.41) is 23.5. The van der Waals surface area contributed by atoms with Crippen LogP contribution in [0.1, 0.15) is 21.5 Å². The number of hydrogen-bond donors (Lipinski definition) is 0. The molecule has 0 spiro atoms. The highest BCUT2D eigenvalue weighted by Gasteiger charge is 2.20. The van der Waals surface area contributed by atoms with Crippen LogP contribution in [0, 0.1) is 20.2 Å². The Morgan fingerprint density at radius 2 is 1.08 bits per heavy atom. The van der Waals surface area contributed by atoms with Crippen LogP contribution in [0.25, 0.3) is 0 Å². The molecule has 0 saturated carbocycles. The first-order valence-corrected chi connectivity index (χ1v) is 15.3. The van der Waals surface area contributed by atoms with Gasteiger partial charge in [-0.25, -0.2) is 4.79 Å². The van der Waals surface area contributed by atoms with Crippen molar-refractivity contribution in [3.05, 3.63) is 177 Å². The van der Waals surface area contributed by atoms with Crippen molar-refractivity contribution < 1.29 is 38.3 Å². The molecule has 0 bridgehead atoms. The number of nitro groups is 2. The van der Waals surface area contributed by atoms with E-state index in [4.69, 9.17) is 23.7 Å². The Morgan fingerprint density at radius 3 is 1.53 bits per heavy atom. The summed E-state index contributed by atoms with van der Waals surface area (Å²) in [5.74, 6) is -0.0739. The number of aromatic nitrogens is 1. The van der Waals surface area contributed by atoms with Crippen LogP contribution in [-0.4, -0.2) is 20.8 Å². The van der Waals surface area contributed by atoms with Gasteiger partial charge in [0.25, 0.3) is 0 Å². The summed E-state index contributed by atoms with van der Waals surface area (Å²) >= 11 is 0. The van der Waals surface area contributed by atoms with Crippen molar-refractivity contribution in [3.63, 3.8) is 0 Å². The molecular formula is C38H27N3O10. The van der Waals surface area contributed by atoms with Gasteiger partial charge in [-0.3, -0.25) is 25.2 Å². The van der Waals surface area contributed by atoms with Crippen LogP contribution in [0.5, 0.6) is 40.2 Å². The highest BCUT2D eigenvalue weighted by atomic mass is 16.6. The number of ether oxygens (including phenoxy) is 5. The summed E-state index contributed by atoms with van der Waals surface area (Å²) in [6, 6.07) is 33.8. The van der Waals surface area contributed by atoms with E-state index in [1.54, 1.807) is 12.1 Å². The SMILES string of the molecule is O=C(Oc1cccnc1)c1cc(Oc2ccc([N+](=O)[O-])c(OCc3ccccc3)c2)cc(Oc2ccc([N+](=O)[O-])c(OCc3ccccc3)c2)c1. The van der Waals surface area contributed by atoms with Crippen LogP contribution in [0.3, 0.4) is 0 Å². The minimum absolute atomic E-state index is 0.0243. The van der Waals surface area contributed by atoms with Crippen molar-refractivity contribution in [1.82, 2.24) is 4.98 Å². The number of esters is 1. The van der Waals surface area contributed by atoms with Crippen molar-refractivity contribution in [2.75, 3.05) is 0 Å². The van der Waals surface area contributed by atoms with Crippen molar-refractivity contribution in [3.8, 4) is 40.2 Å². The number of nitrogens with zero attached hydrogens (tertiary/aromatic N) is 3. The Hall–Kier alpha value is -7.28. The quantitative estimate of drug-likeness (QED) is 0.0611. The molecule has 13 nitrogen and oxygen atoms in total. The number of pyridine rings is 1. The van der Waals surface area contributed by atoms with E-state index in [0.29, 0.717) is 0 Å². The Kier molecular flexibility index (Phi) is 10.4. The first-order valence-electron chi connectivity index (χ1n) is 15.3. The zero-order chi connectivity index (χ0) is 35.6. The van der Waals surface area contributed by atoms with Crippen LogP contribution >= 0.6 is 0 Å². The van der Waals surface area contributed by atoms with Gasteiger partial charge < -0.3 is 23.7 Å². The summed E-state index contributed by atoms with van der Waals surface area (Å²) in [6.07, 6.45) is 2.90.